The molecule has 8 heteroatoms. The molecule has 0 spiro atoms. The van der Waals surface area contributed by atoms with Crippen molar-refractivity contribution in [1.29, 1.82) is 0 Å². The molecule has 1 amide bonds. The van der Waals surface area contributed by atoms with Gasteiger partial charge in [-0.1, -0.05) is 6.07 Å². The first-order chi connectivity index (χ1) is 14.1. The van der Waals surface area contributed by atoms with Gasteiger partial charge >= 0.3 is 5.97 Å². The molecular formula is C21H22N2O6. The number of piperidine rings is 1. The van der Waals surface area contributed by atoms with E-state index >= 15 is 0 Å². The second kappa shape index (κ2) is 9.18. The van der Waals surface area contributed by atoms with E-state index in [1.165, 1.54) is 19.4 Å². The Morgan fingerprint density at radius 2 is 2.10 bits per heavy atom. The molecule has 3 rings (SSSR count). The molecule has 152 valence electrons. The molecule has 0 aliphatic carbocycles. The zero-order chi connectivity index (χ0) is 20.8. The quantitative estimate of drug-likeness (QED) is 0.588. The Hall–Kier alpha value is -3.42. The van der Waals surface area contributed by atoms with E-state index < -0.39 is 5.97 Å². The van der Waals surface area contributed by atoms with Crippen LogP contribution in [0.25, 0.3) is 0 Å². The number of aromatic hydroxyl groups is 1. The van der Waals surface area contributed by atoms with E-state index in [4.69, 9.17) is 9.47 Å². The SMILES string of the molecule is COC(=O)c1ncccc1C(=O)N1CCCC[C@H]1COc1cccc(O)c1C=O. The van der Waals surface area contributed by atoms with Gasteiger partial charge in [-0.15, -0.1) is 0 Å². The van der Waals surface area contributed by atoms with E-state index in [2.05, 4.69) is 4.98 Å². The molecule has 1 aliphatic heterocycles. The first-order valence-electron chi connectivity index (χ1n) is 9.31. The summed E-state index contributed by atoms with van der Waals surface area (Å²) in [5, 5.41) is 9.80. The van der Waals surface area contributed by atoms with Gasteiger partial charge in [0, 0.05) is 12.7 Å². The van der Waals surface area contributed by atoms with Crippen molar-refractivity contribution in [3.05, 3.63) is 53.3 Å². The highest BCUT2D eigenvalue weighted by Gasteiger charge is 2.31. The van der Waals surface area contributed by atoms with E-state index in [1.807, 2.05) is 0 Å². The van der Waals surface area contributed by atoms with Crippen LogP contribution < -0.4 is 4.74 Å². The maximum Gasteiger partial charge on any atom is 0.357 e. The first kappa shape index (κ1) is 20.3. The van der Waals surface area contributed by atoms with Gasteiger partial charge < -0.3 is 19.5 Å². The Kier molecular flexibility index (Phi) is 6.43. The summed E-state index contributed by atoms with van der Waals surface area (Å²) in [6.45, 7) is 0.673. The van der Waals surface area contributed by atoms with Crippen molar-refractivity contribution in [2.75, 3.05) is 20.3 Å². The van der Waals surface area contributed by atoms with Gasteiger partial charge in [-0.2, -0.15) is 0 Å². The Morgan fingerprint density at radius 3 is 2.86 bits per heavy atom. The third-order valence-electron chi connectivity index (χ3n) is 4.90. The van der Waals surface area contributed by atoms with Crippen LogP contribution in [0, 0.1) is 0 Å². The molecule has 0 bridgehead atoms. The number of esters is 1. The highest BCUT2D eigenvalue weighted by atomic mass is 16.5. The van der Waals surface area contributed by atoms with Crippen molar-refractivity contribution in [2.24, 2.45) is 0 Å². The summed E-state index contributed by atoms with van der Waals surface area (Å²) in [5.41, 5.74) is 0.222. The van der Waals surface area contributed by atoms with E-state index in [0.717, 1.165) is 19.3 Å². The number of carbonyl (C=O) groups excluding carboxylic acids is 3. The predicted octanol–water partition coefficient (Wildman–Crippen LogP) is 2.46. The van der Waals surface area contributed by atoms with Crippen LogP contribution in [-0.2, 0) is 4.74 Å². The lowest BCUT2D eigenvalue weighted by atomic mass is 10.0. The zero-order valence-electron chi connectivity index (χ0n) is 16.0. The van der Waals surface area contributed by atoms with Crippen molar-refractivity contribution in [3.8, 4) is 11.5 Å². The average Bonchev–Trinajstić information content (AvgIpc) is 2.77. The van der Waals surface area contributed by atoms with Crippen molar-refractivity contribution in [1.82, 2.24) is 9.88 Å². The van der Waals surface area contributed by atoms with Crippen LogP contribution in [0.1, 0.15) is 50.5 Å². The lowest BCUT2D eigenvalue weighted by molar-refractivity contribution is 0.0506. The smallest absolute Gasteiger partial charge is 0.357 e. The van der Waals surface area contributed by atoms with Gasteiger partial charge in [0.25, 0.3) is 5.91 Å². The summed E-state index contributed by atoms with van der Waals surface area (Å²) in [4.78, 5) is 42.0. The Balaban J connectivity index is 1.80. The fourth-order valence-electron chi connectivity index (χ4n) is 3.40. The van der Waals surface area contributed by atoms with E-state index in [1.54, 1.807) is 29.2 Å². The number of hydrogen-bond acceptors (Lipinski definition) is 7. The van der Waals surface area contributed by atoms with Crippen molar-refractivity contribution < 1.29 is 29.0 Å². The molecule has 1 fully saturated rings. The standard InChI is InChI=1S/C21H22N2O6/c1-28-21(27)19-15(7-5-10-22-19)20(26)23-11-3-2-6-14(23)13-29-18-9-4-8-17(25)16(18)12-24/h4-5,7-10,12,14,25H,2-3,6,11,13H2,1H3/t14-/m0/s1. The van der Waals surface area contributed by atoms with Crippen LogP contribution in [0.5, 0.6) is 11.5 Å². The second-order valence-corrected chi connectivity index (χ2v) is 6.66. The molecule has 0 unspecified atom stereocenters. The van der Waals surface area contributed by atoms with Crippen LogP contribution in [0.15, 0.2) is 36.5 Å². The largest absolute Gasteiger partial charge is 0.507 e. The number of phenols is 1. The number of ether oxygens (including phenoxy) is 2. The second-order valence-electron chi connectivity index (χ2n) is 6.66. The van der Waals surface area contributed by atoms with E-state index in [0.29, 0.717) is 12.8 Å². The third-order valence-corrected chi connectivity index (χ3v) is 4.90. The molecule has 8 nitrogen and oxygen atoms in total. The Morgan fingerprint density at radius 1 is 1.28 bits per heavy atom. The fraction of sp³-hybridized carbons (Fsp3) is 0.333. The van der Waals surface area contributed by atoms with Crippen LogP contribution in [0.4, 0.5) is 0 Å². The summed E-state index contributed by atoms with van der Waals surface area (Å²) in [6, 6.07) is 7.48. The third kappa shape index (κ3) is 4.37. The predicted molar refractivity (Wildman–Crippen MR) is 103 cm³/mol. The summed E-state index contributed by atoms with van der Waals surface area (Å²) in [7, 11) is 1.24. The monoisotopic (exact) mass is 398 g/mol. The molecule has 0 saturated carbocycles. The van der Waals surface area contributed by atoms with Crippen molar-refractivity contribution in [2.45, 2.75) is 25.3 Å². The molecule has 1 aromatic heterocycles. The number of hydrogen-bond donors (Lipinski definition) is 1. The fourth-order valence-corrected chi connectivity index (χ4v) is 3.40. The van der Waals surface area contributed by atoms with Gasteiger partial charge in [0.1, 0.15) is 18.1 Å². The zero-order valence-corrected chi connectivity index (χ0v) is 16.0. The number of benzene rings is 1. The minimum atomic E-state index is -0.672. The molecule has 1 aromatic carbocycles. The molecule has 1 saturated heterocycles. The van der Waals surface area contributed by atoms with Crippen LogP contribution in [0.2, 0.25) is 0 Å². The van der Waals surface area contributed by atoms with Gasteiger partial charge in [0.2, 0.25) is 0 Å². The van der Waals surface area contributed by atoms with E-state index in [9.17, 15) is 19.5 Å². The average molecular weight is 398 g/mol. The Bertz CT molecular complexity index is 914. The van der Waals surface area contributed by atoms with Gasteiger partial charge in [0.15, 0.2) is 12.0 Å². The van der Waals surface area contributed by atoms with Crippen molar-refractivity contribution in [3.63, 3.8) is 0 Å². The topological polar surface area (TPSA) is 106 Å². The van der Waals surface area contributed by atoms with Crippen LogP contribution in [0.3, 0.4) is 0 Å². The number of amides is 1. The summed E-state index contributed by atoms with van der Waals surface area (Å²) >= 11 is 0. The van der Waals surface area contributed by atoms with Crippen LogP contribution >= 0.6 is 0 Å². The molecule has 1 N–H and O–H groups in total. The normalized spacial score (nSPS) is 16.2. The lowest BCUT2D eigenvalue weighted by Gasteiger charge is -2.35. The number of phenolic OH excluding ortho intramolecular Hbond substituents is 1. The minimum absolute atomic E-state index is 0.0264. The number of methoxy groups -OCH3 is 1. The van der Waals surface area contributed by atoms with Gasteiger partial charge in [-0.3, -0.25) is 9.59 Å². The van der Waals surface area contributed by atoms with Gasteiger partial charge in [-0.25, -0.2) is 9.78 Å². The van der Waals surface area contributed by atoms with Gasteiger partial charge in [-0.05, 0) is 43.5 Å². The molecule has 29 heavy (non-hydrogen) atoms. The highest BCUT2D eigenvalue weighted by molar-refractivity contribution is 6.04. The maximum absolute atomic E-state index is 13.2. The van der Waals surface area contributed by atoms with Crippen molar-refractivity contribution >= 4 is 18.2 Å². The molecule has 2 aromatic rings. The maximum atomic E-state index is 13.2. The number of nitrogens with zero attached hydrogens (tertiary/aromatic N) is 2. The highest BCUT2D eigenvalue weighted by Crippen LogP contribution is 2.27. The number of pyridine rings is 1. The number of aromatic nitrogens is 1. The van der Waals surface area contributed by atoms with E-state index in [-0.39, 0.29) is 46.9 Å². The minimum Gasteiger partial charge on any atom is -0.507 e. The molecular weight excluding hydrogens is 376 g/mol. The summed E-state index contributed by atoms with van der Waals surface area (Å²) < 4.78 is 10.5. The number of likely N-dealkylation sites (tertiary alicyclic amines) is 1. The number of aldehydes is 1. The number of carbonyl (C=O) groups is 3. The molecule has 1 atom stereocenters. The van der Waals surface area contributed by atoms with Crippen LogP contribution in [-0.4, -0.2) is 59.5 Å². The Labute approximate surface area is 168 Å². The number of rotatable bonds is 6. The molecule has 0 radical (unpaired) electrons. The summed E-state index contributed by atoms with van der Waals surface area (Å²) in [5.74, 6) is -0.894. The molecule has 1 aliphatic rings. The first-order valence-corrected chi connectivity index (χ1v) is 9.31. The lowest BCUT2D eigenvalue weighted by Crippen LogP contribution is -2.47. The van der Waals surface area contributed by atoms with Gasteiger partial charge in [0.05, 0.1) is 24.3 Å². The molecule has 2 heterocycles. The summed E-state index contributed by atoms with van der Waals surface area (Å²) in [6.07, 6.45) is 4.45.